The van der Waals surface area contributed by atoms with Crippen LogP contribution in [0.5, 0.6) is 5.75 Å². The molecule has 0 bridgehead atoms. The van der Waals surface area contributed by atoms with E-state index in [0.717, 1.165) is 21.6 Å². The smallest absolute Gasteiger partial charge is 0.332 e. The van der Waals surface area contributed by atoms with Gasteiger partial charge < -0.3 is 9.30 Å². The third-order valence-corrected chi connectivity index (χ3v) is 4.61. The summed E-state index contributed by atoms with van der Waals surface area (Å²) in [6.45, 7) is 0.862. The number of hydrogen-bond donors (Lipinski definition) is 0. The minimum atomic E-state index is -0.392. The predicted molar refractivity (Wildman–Crippen MR) is 104 cm³/mol. The highest BCUT2D eigenvalue weighted by Gasteiger charge is 2.14. The van der Waals surface area contributed by atoms with Gasteiger partial charge in [-0.25, -0.2) is 9.78 Å². The lowest BCUT2D eigenvalue weighted by atomic mass is 10.2. The van der Waals surface area contributed by atoms with Crippen LogP contribution >= 0.6 is 0 Å². The van der Waals surface area contributed by atoms with E-state index in [2.05, 4.69) is 9.97 Å². The molecule has 0 spiro atoms. The Morgan fingerprint density at radius 1 is 0.964 bits per heavy atom. The fourth-order valence-corrected chi connectivity index (χ4v) is 3.05. The summed E-state index contributed by atoms with van der Waals surface area (Å²) in [4.78, 5) is 33.0. The van der Waals surface area contributed by atoms with Crippen molar-refractivity contribution in [2.75, 3.05) is 0 Å². The number of aromatic nitrogens is 5. The molecule has 3 aromatic heterocycles. The van der Waals surface area contributed by atoms with Gasteiger partial charge in [0.2, 0.25) is 0 Å². The number of imidazole rings is 1. The number of fused-ring (bicyclic) bond motifs is 1. The van der Waals surface area contributed by atoms with E-state index < -0.39 is 5.69 Å². The van der Waals surface area contributed by atoms with Crippen LogP contribution < -0.4 is 16.0 Å². The van der Waals surface area contributed by atoms with Crippen LogP contribution in [0.15, 0.2) is 64.6 Å². The van der Waals surface area contributed by atoms with Gasteiger partial charge in [0.1, 0.15) is 12.4 Å². The topological polar surface area (TPSA) is 83.9 Å². The molecule has 0 aliphatic carbocycles. The largest absolute Gasteiger partial charge is 0.487 e. The van der Waals surface area contributed by atoms with Crippen molar-refractivity contribution in [3.63, 3.8) is 0 Å². The second-order valence-corrected chi connectivity index (χ2v) is 6.50. The van der Waals surface area contributed by atoms with Crippen molar-refractivity contribution in [1.82, 2.24) is 23.7 Å². The number of pyridine rings is 1. The van der Waals surface area contributed by atoms with Gasteiger partial charge in [0.05, 0.1) is 12.0 Å². The van der Waals surface area contributed by atoms with Crippen LogP contribution in [0.3, 0.4) is 0 Å². The lowest BCUT2D eigenvalue weighted by molar-refractivity contribution is 0.301. The van der Waals surface area contributed by atoms with Gasteiger partial charge in [-0.1, -0.05) is 18.2 Å². The number of nitrogens with zero attached hydrogens (tertiary/aromatic N) is 5. The van der Waals surface area contributed by atoms with Gasteiger partial charge in [-0.05, 0) is 29.8 Å². The summed E-state index contributed by atoms with van der Waals surface area (Å²) in [6.07, 6.45) is 3.31. The van der Waals surface area contributed by atoms with Crippen LogP contribution in [0.1, 0.15) is 11.3 Å². The first-order chi connectivity index (χ1) is 13.5. The van der Waals surface area contributed by atoms with E-state index in [1.807, 2.05) is 42.5 Å². The molecule has 28 heavy (non-hydrogen) atoms. The van der Waals surface area contributed by atoms with E-state index in [-0.39, 0.29) is 5.56 Å². The molecular formula is C20H19N5O3. The normalized spacial score (nSPS) is 11.1. The summed E-state index contributed by atoms with van der Waals surface area (Å²) in [7, 11) is 3.07. The molecule has 0 radical (unpaired) electrons. The van der Waals surface area contributed by atoms with Crippen LogP contribution in [0.2, 0.25) is 0 Å². The molecule has 0 aliphatic heterocycles. The summed E-state index contributed by atoms with van der Waals surface area (Å²) >= 11 is 0. The number of hydrogen-bond acceptors (Lipinski definition) is 5. The van der Waals surface area contributed by atoms with Crippen molar-refractivity contribution in [2.24, 2.45) is 14.1 Å². The van der Waals surface area contributed by atoms with Crippen LogP contribution in [0.25, 0.3) is 11.2 Å². The summed E-state index contributed by atoms with van der Waals surface area (Å²) in [5.74, 6) is 0.739. The molecule has 3 heterocycles. The standard InChI is InChI=1S/C20H19N5O3/c1-23-18-17(19(26)24(2)20(23)27)25(13-22-18)11-14-6-8-16(9-7-14)28-12-15-5-3-4-10-21-15/h3-10,13H,11-12H2,1-2H3. The summed E-state index contributed by atoms with van der Waals surface area (Å²) in [5.41, 5.74) is 1.88. The van der Waals surface area contributed by atoms with Crippen molar-refractivity contribution in [3.8, 4) is 5.75 Å². The number of benzene rings is 1. The summed E-state index contributed by atoms with van der Waals surface area (Å²) < 4.78 is 9.96. The van der Waals surface area contributed by atoms with Crippen LogP contribution in [-0.2, 0) is 27.2 Å². The average Bonchev–Trinajstić information content (AvgIpc) is 3.14. The van der Waals surface area contributed by atoms with Gasteiger partial charge in [0.25, 0.3) is 5.56 Å². The molecule has 4 aromatic rings. The highest BCUT2D eigenvalue weighted by molar-refractivity contribution is 5.70. The first-order valence-corrected chi connectivity index (χ1v) is 8.77. The van der Waals surface area contributed by atoms with E-state index in [0.29, 0.717) is 24.3 Å². The summed E-state index contributed by atoms with van der Waals surface area (Å²) in [5, 5.41) is 0. The van der Waals surface area contributed by atoms with Crippen molar-refractivity contribution >= 4 is 11.2 Å². The van der Waals surface area contributed by atoms with Gasteiger partial charge in [0, 0.05) is 26.8 Å². The molecule has 0 atom stereocenters. The first kappa shape index (κ1) is 17.7. The van der Waals surface area contributed by atoms with Crippen molar-refractivity contribution in [2.45, 2.75) is 13.2 Å². The molecule has 0 aliphatic rings. The van der Waals surface area contributed by atoms with E-state index in [1.165, 1.54) is 11.6 Å². The Kier molecular flexibility index (Phi) is 4.52. The van der Waals surface area contributed by atoms with Gasteiger partial charge in [0.15, 0.2) is 11.2 Å². The Labute approximate surface area is 160 Å². The van der Waals surface area contributed by atoms with Gasteiger partial charge >= 0.3 is 5.69 Å². The third kappa shape index (κ3) is 3.20. The van der Waals surface area contributed by atoms with Crippen LogP contribution in [0.4, 0.5) is 0 Å². The number of ether oxygens (including phenoxy) is 1. The lowest BCUT2D eigenvalue weighted by Crippen LogP contribution is -2.37. The highest BCUT2D eigenvalue weighted by atomic mass is 16.5. The maximum absolute atomic E-state index is 12.5. The third-order valence-electron chi connectivity index (χ3n) is 4.61. The zero-order valence-corrected chi connectivity index (χ0v) is 15.6. The Balaban J connectivity index is 1.55. The zero-order valence-electron chi connectivity index (χ0n) is 15.6. The molecule has 0 fully saturated rings. The molecule has 0 saturated heterocycles. The fraction of sp³-hybridized carbons (Fsp3) is 0.200. The molecule has 0 saturated carbocycles. The SMILES string of the molecule is Cn1c(=O)c2c(ncn2Cc2ccc(OCc3ccccn3)cc2)n(C)c1=O. The van der Waals surface area contributed by atoms with Crippen LogP contribution in [-0.4, -0.2) is 23.7 Å². The van der Waals surface area contributed by atoms with Crippen molar-refractivity contribution in [3.05, 3.63) is 87.1 Å². The first-order valence-electron chi connectivity index (χ1n) is 8.77. The minimum Gasteiger partial charge on any atom is -0.487 e. The number of rotatable bonds is 5. The van der Waals surface area contributed by atoms with Crippen LogP contribution in [0, 0.1) is 0 Å². The van der Waals surface area contributed by atoms with Crippen molar-refractivity contribution < 1.29 is 4.74 Å². The summed E-state index contributed by atoms with van der Waals surface area (Å²) in [6, 6.07) is 13.3. The quantitative estimate of drug-likeness (QED) is 0.526. The van der Waals surface area contributed by atoms with Crippen molar-refractivity contribution in [1.29, 1.82) is 0 Å². The fourth-order valence-electron chi connectivity index (χ4n) is 3.05. The van der Waals surface area contributed by atoms with Gasteiger partial charge in [-0.3, -0.25) is 18.9 Å². The van der Waals surface area contributed by atoms with E-state index in [9.17, 15) is 9.59 Å². The Morgan fingerprint density at radius 3 is 2.46 bits per heavy atom. The average molecular weight is 377 g/mol. The van der Waals surface area contributed by atoms with E-state index >= 15 is 0 Å². The molecule has 4 rings (SSSR count). The monoisotopic (exact) mass is 377 g/mol. The maximum Gasteiger partial charge on any atom is 0.332 e. The van der Waals surface area contributed by atoms with E-state index in [4.69, 9.17) is 4.74 Å². The van der Waals surface area contributed by atoms with E-state index in [1.54, 1.807) is 24.1 Å². The highest BCUT2D eigenvalue weighted by Crippen LogP contribution is 2.16. The Hall–Kier alpha value is -3.68. The molecule has 142 valence electrons. The zero-order chi connectivity index (χ0) is 19.7. The Bertz CT molecular complexity index is 1240. The molecule has 0 N–H and O–H groups in total. The molecule has 8 heteroatoms. The molecule has 0 unspecified atom stereocenters. The Morgan fingerprint density at radius 2 is 1.75 bits per heavy atom. The minimum absolute atomic E-state index is 0.356. The second-order valence-electron chi connectivity index (χ2n) is 6.50. The molecule has 0 amide bonds. The number of aryl methyl sites for hydroxylation is 1. The lowest BCUT2D eigenvalue weighted by Gasteiger charge is -2.09. The molecule has 8 nitrogen and oxygen atoms in total. The second kappa shape index (κ2) is 7.15. The van der Waals surface area contributed by atoms with Gasteiger partial charge in [-0.15, -0.1) is 0 Å². The molecular weight excluding hydrogens is 358 g/mol. The van der Waals surface area contributed by atoms with Gasteiger partial charge in [-0.2, -0.15) is 0 Å². The maximum atomic E-state index is 12.5. The predicted octanol–water partition coefficient (Wildman–Crippen LogP) is 1.46. The molecule has 1 aromatic carbocycles.